The maximum Gasteiger partial charge on any atom is 0.292 e. The summed E-state index contributed by atoms with van der Waals surface area (Å²) in [6.45, 7) is 2.58. The predicted octanol–water partition coefficient (Wildman–Crippen LogP) is 3.12. The Bertz CT molecular complexity index is 647. The number of hydrogen-bond acceptors (Lipinski definition) is 2. The van der Waals surface area contributed by atoms with Crippen LogP contribution in [0.2, 0.25) is 0 Å². The quantitative estimate of drug-likeness (QED) is 0.768. The van der Waals surface area contributed by atoms with Crippen LogP contribution in [0.3, 0.4) is 0 Å². The van der Waals surface area contributed by atoms with E-state index in [1.165, 1.54) is 5.56 Å². The average Bonchev–Trinajstić information content (AvgIpc) is 2.47. The number of fused-ring (bicyclic) bond motifs is 1. The lowest BCUT2D eigenvalue weighted by atomic mass is 10.1. The summed E-state index contributed by atoms with van der Waals surface area (Å²) in [6.07, 6.45) is 2.11. The van der Waals surface area contributed by atoms with E-state index >= 15 is 0 Å². The van der Waals surface area contributed by atoms with Crippen LogP contribution < -0.4 is 9.47 Å². The number of ether oxygens (including phenoxy) is 2. The second kappa shape index (κ2) is 4.76. The lowest BCUT2D eigenvalue weighted by Gasteiger charge is -2.15. The van der Waals surface area contributed by atoms with Crippen molar-refractivity contribution in [1.82, 2.24) is 0 Å². The summed E-state index contributed by atoms with van der Waals surface area (Å²) in [5.74, 6) is 1.82. The molecule has 0 radical (unpaired) electrons. The van der Waals surface area contributed by atoms with Crippen LogP contribution >= 0.6 is 0 Å². The van der Waals surface area contributed by atoms with Crippen LogP contribution in [-0.2, 0) is 0 Å². The van der Waals surface area contributed by atoms with Crippen molar-refractivity contribution in [2.45, 2.75) is 6.92 Å². The number of nitrogens with zero attached hydrogens (tertiary/aromatic N) is 1. The van der Waals surface area contributed by atoms with E-state index in [4.69, 9.17) is 9.47 Å². The van der Waals surface area contributed by atoms with Crippen LogP contribution in [0.25, 0.3) is 0 Å². The molecule has 3 heteroatoms. The fraction of sp³-hybridized carbons (Fsp3) is 0.188. The Morgan fingerprint density at radius 2 is 2.00 bits per heavy atom. The highest BCUT2D eigenvalue weighted by molar-refractivity contribution is 5.82. The normalized spacial score (nSPS) is 13.3. The monoisotopic (exact) mass is 254 g/mol. The smallest absolute Gasteiger partial charge is 0.292 e. The molecule has 0 unspecified atom stereocenters. The van der Waals surface area contributed by atoms with Gasteiger partial charge in [0.05, 0.1) is 18.7 Å². The van der Waals surface area contributed by atoms with Crippen LogP contribution in [0, 0.1) is 6.92 Å². The lowest BCUT2D eigenvalue weighted by Crippen LogP contribution is -2.21. The first-order valence-electron chi connectivity index (χ1n) is 6.26. The molecule has 96 valence electrons. The van der Waals surface area contributed by atoms with E-state index in [1.54, 1.807) is 7.11 Å². The van der Waals surface area contributed by atoms with E-state index in [-0.39, 0.29) is 0 Å². The molecule has 0 amide bonds. The molecule has 0 saturated carbocycles. The molecule has 0 saturated heterocycles. The summed E-state index contributed by atoms with van der Waals surface area (Å²) < 4.78 is 13.2. The van der Waals surface area contributed by atoms with Crippen molar-refractivity contribution in [3.8, 4) is 11.5 Å². The first-order chi connectivity index (χ1) is 9.28. The van der Waals surface area contributed by atoms with Crippen LogP contribution in [0.1, 0.15) is 11.1 Å². The Balaban J connectivity index is 2.03. The maximum absolute atomic E-state index is 5.85. The molecule has 0 aliphatic carbocycles. The van der Waals surface area contributed by atoms with Crippen molar-refractivity contribution in [2.24, 2.45) is 0 Å². The molecule has 0 aromatic heterocycles. The minimum Gasteiger partial charge on any atom is -0.497 e. The van der Waals surface area contributed by atoms with Crippen molar-refractivity contribution in [1.29, 1.82) is 0 Å². The first-order valence-corrected chi connectivity index (χ1v) is 6.26. The Morgan fingerprint density at radius 3 is 2.84 bits per heavy atom. The van der Waals surface area contributed by atoms with Gasteiger partial charge in [0.2, 0.25) is 5.69 Å². The second-order valence-electron chi connectivity index (χ2n) is 4.57. The average molecular weight is 254 g/mol. The summed E-state index contributed by atoms with van der Waals surface area (Å²) in [5.41, 5.74) is 3.33. The van der Waals surface area contributed by atoms with E-state index in [1.807, 2.05) is 30.3 Å². The zero-order valence-electron chi connectivity index (χ0n) is 11.1. The summed E-state index contributed by atoms with van der Waals surface area (Å²) in [5, 5.41) is 0. The zero-order valence-corrected chi connectivity index (χ0v) is 11.1. The van der Waals surface area contributed by atoms with Crippen molar-refractivity contribution in [2.75, 3.05) is 13.8 Å². The number of hydrogen-bond donors (Lipinski definition) is 0. The van der Waals surface area contributed by atoms with Gasteiger partial charge >= 0.3 is 0 Å². The molecule has 0 bridgehead atoms. The van der Waals surface area contributed by atoms with Gasteiger partial charge in [-0.3, -0.25) is 0 Å². The third-order valence-corrected chi connectivity index (χ3v) is 3.27. The summed E-state index contributed by atoms with van der Waals surface area (Å²) in [7, 11) is 1.67. The Labute approximate surface area is 112 Å². The number of para-hydroxylation sites is 1. The topological polar surface area (TPSA) is 21.5 Å². The van der Waals surface area contributed by atoms with Crippen LogP contribution in [-0.4, -0.2) is 24.6 Å². The molecule has 1 aliphatic rings. The van der Waals surface area contributed by atoms with Gasteiger partial charge in [-0.25, -0.2) is 0 Å². The molecule has 3 nitrogen and oxygen atoms in total. The number of methoxy groups -OCH3 is 1. The van der Waals surface area contributed by atoms with Crippen molar-refractivity contribution in [3.63, 3.8) is 0 Å². The van der Waals surface area contributed by atoms with E-state index in [0.29, 0.717) is 6.73 Å². The molecule has 0 atom stereocenters. The van der Waals surface area contributed by atoms with Crippen LogP contribution in [0.5, 0.6) is 11.5 Å². The predicted molar refractivity (Wildman–Crippen MR) is 74.8 cm³/mol. The van der Waals surface area contributed by atoms with Gasteiger partial charge in [-0.15, -0.1) is 0 Å². The standard InChI is InChI=1S/C16H16NO2/c1-12-5-3-6-13-10-17(11-19-16(12)13)14-7-4-8-15(9-14)18-2/h3-10H,11H2,1-2H3/q+1. The van der Waals surface area contributed by atoms with Gasteiger partial charge in [-0.05, 0) is 24.6 Å². The van der Waals surface area contributed by atoms with Gasteiger partial charge in [-0.2, -0.15) is 4.58 Å². The Hall–Kier alpha value is -2.29. The van der Waals surface area contributed by atoms with Gasteiger partial charge < -0.3 is 9.47 Å². The highest BCUT2D eigenvalue weighted by Gasteiger charge is 2.20. The minimum atomic E-state index is 0.519. The van der Waals surface area contributed by atoms with Gasteiger partial charge in [0.25, 0.3) is 6.73 Å². The van der Waals surface area contributed by atoms with Gasteiger partial charge in [0.15, 0.2) is 6.21 Å². The van der Waals surface area contributed by atoms with E-state index < -0.39 is 0 Å². The molecule has 2 aromatic rings. The number of benzene rings is 2. The van der Waals surface area contributed by atoms with Gasteiger partial charge in [0.1, 0.15) is 11.5 Å². The second-order valence-corrected chi connectivity index (χ2v) is 4.57. The molecular weight excluding hydrogens is 238 g/mol. The molecule has 1 heterocycles. The summed E-state index contributed by atoms with van der Waals surface area (Å²) in [6, 6.07) is 14.1. The maximum atomic E-state index is 5.85. The van der Waals surface area contributed by atoms with Gasteiger partial charge in [0, 0.05) is 6.07 Å². The first kappa shape index (κ1) is 11.8. The minimum absolute atomic E-state index is 0.519. The third-order valence-electron chi connectivity index (χ3n) is 3.27. The molecule has 1 aliphatic heterocycles. The van der Waals surface area contributed by atoms with Crippen LogP contribution in [0.4, 0.5) is 5.69 Å². The molecule has 0 N–H and O–H groups in total. The zero-order chi connectivity index (χ0) is 13.2. The van der Waals surface area contributed by atoms with E-state index in [0.717, 1.165) is 22.7 Å². The molecule has 3 rings (SSSR count). The highest BCUT2D eigenvalue weighted by atomic mass is 16.5. The largest absolute Gasteiger partial charge is 0.497 e. The molecule has 0 spiro atoms. The third kappa shape index (κ3) is 2.19. The molecule has 19 heavy (non-hydrogen) atoms. The lowest BCUT2D eigenvalue weighted by molar-refractivity contribution is -0.476. The molecular formula is C16H16NO2+. The van der Waals surface area contributed by atoms with Crippen molar-refractivity contribution in [3.05, 3.63) is 53.6 Å². The van der Waals surface area contributed by atoms with Crippen LogP contribution in [0.15, 0.2) is 42.5 Å². The number of aryl methyl sites for hydroxylation is 1. The van der Waals surface area contributed by atoms with E-state index in [2.05, 4.69) is 29.8 Å². The highest BCUT2D eigenvalue weighted by Crippen LogP contribution is 2.27. The fourth-order valence-corrected chi connectivity index (χ4v) is 2.25. The van der Waals surface area contributed by atoms with Crippen molar-refractivity contribution < 1.29 is 14.0 Å². The summed E-state index contributed by atoms with van der Waals surface area (Å²) in [4.78, 5) is 0. The Kier molecular flexibility index (Phi) is 2.95. The van der Waals surface area contributed by atoms with Gasteiger partial charge in [-0.1, -0.05) is 18.2 Å². The summed E-state index contributed by atoms with van der Waals surface area (Å²) >= 11 is 0. The fourth-order valence-electron chi connectivity index (χ4n) is 2.25. The molecule has 0 fully saturated rings. The SMILES string of the molecule is COc1cccc([N+]2=Cc3cccc(C)c3OC2)c1. The van der Waals surface area contributed by atoms with E-state index in [9.17, 15) is 0 Å². The Morgan fingerprint density at radius 1 is 1.16 bits per heavy atom. The number of rotatable bonds is 2. The van der Waals surface area contributed by atoms with Crippen molar-refractivity contribution >= 4 is 11.9 Å². The molecule has 2 aromatic carbocycles.